The number of aryl methyl sites for hydroxylation is 1. The summed E-state index contributed by atoms with van der Waals surface area (Å²) in [5.41, 5.74) is 2.70. The molecule has 2 aromatic rings. The van der Waals surface area contributed by atoms with Crippen molar-refractivity contribution < 1.29 is 33.3 Å². The number of anilines is 1. The Morgan fingerprint density at radius 3 is 2.27 bits per heavy atom. The van der Waals surface area contributed by atoms with Gasteiger partial charge in [0.15, 0.2) is 11.5 Å². The average molecular weight is 556 g/mol. The molecular weight excluding hydrogens is 518 g/mol. The molecule has 2 atom stereocenters. The summed E-state index contributed by atoms with van der Waals surface area (Å²) in [4.78, 5) is 50.1. The lowest BCUT2D eigenvalue weighted by molar-refractivity contribution is -0.146. The van der Waals surface area contributed by atoms with Gasteiger partial charge in [-0.2, -0.15) is 0 Å². The molecule has 0 heterocycles. The van der Waals surface area contributed by atoms with Crippen LogP contribution in [0.25, 0.3) is 11.1 Å². The Hall–Kier alpha value is -4.28. The molecular formula is C29H37N3O8. The van der Waals surface area contributed by atoms with Crippen LogP contribution in [0.1, 0.15) is 44.4 Å². The van der Waals surface area contributed by atoms with Gasteiger partial charge < -0.3 is 34.9 Å². The largest absolute Gasteiger partial charge is 0.493 e. The van der Waals surface area contributed by atoms with Gasteiger partial charge in [-0.3, -0.25) is 14.4 Å². The van der Waals surface area contributed by atoms with Crippen LogP contribution in [0.3, 0.4) is 0 Å². The fraction of sp³-hybridized carbons (Fsp3) is 0.448. The summed E-state index contributed by atoms with van der Waals surface area (Å²) in [5, 5.41) is 8.48. The van der Waals surface area contributed by atoms with Gasteiger partial charge in [-0.25, -0.2) is 4.79 Å². The van der Waals surface area contributed by atoms with E-state index in [1.807, 2.05) is 6.07 Å². The van der Waals surface area contributed by atoms with E-state index in [9.17, 15) is 19.2 Å². The molecule has 0 saturated heterocycles. The van der Waals surface area contributed by atoms with Crippen LogP contribution in [-0.4, -0.2) is 58.8 Å². The van der Waals surface area contributed by atoms with E-state index in [1.54, 1.807) is 33.1 Å². The van der Waals surface area contributed by atoms with Gasteiger partial charge in [0.05, 0.1) is 46.7 Å². The Balaban J connectivity index is 2.09. The number of hydrogen-bond acceptors (Lipinski definition) is 9. The first kappa shape index (κ1) is 30.3. The quantitative estimate of drug-likeness (QED) is 0.377. The van der Waals surface area contributed by atoms with Crippen molar-refractivity contribution in [3.8, 4) is 28.4 Å². The first-order valence-electron chi connectivity index (χ1n) is 12.9. The van der Waals surface area contributed by atoms with E-state index in [4.69, 9.17) is 18.9 Å². The summed E-state index contributed by atoms with van der Waals surface area (Å²) in [6.07, 6.45) is 1.10. The highest BCUT2D eigenvalue weighted by molar-refractivity contribution is 5.87. The monoisotopic (exact) mass is 555 g/mol. The molecule has 216 valence electrons. The number of rotatable bonds is 10. The van der Waals surface area contributed by atoms with E-state index in [0.29, 0.717) is 41.2 Å². The van der Waals surface area contributed by atoms with Crippen molar-refractivity contribution in [3.05, 3.63) is 45.6 Å². The molecule has 0 unspecified atom stereocenters. The van der Waals surface area contributed by atoms with Crippen molar-refractivity contribution >= 4 is 23.5 Å². The minimum atomic E-state index is -0.816. The summed E-state index contributed by atoms with van der Waals surface area (Å²) in [6.45, 7) is 4.76. The highest BCUT2D eigenvalue weighted by atomic mass is 16.5. The fourth-order valence-corrected chi connectivity index (χ4v) is 4.88. The van der Waals surface area contributed by atoms with E-state index >= 15 is 0 Å². The zero-order valence-electron chi connectivity index (χ0n) is 23.9. The van der Waals surface area contributed by atoms with Crippen molar-refractivity contribution in [2.24, 2.45) is 5.92 Å². The second kappa shape index (κ2) is 13.2. The molecule has 40 heavy (non-hydrogen) atoms. The van der Waals surface area contributed by atoms with Crippen LogP contribution in [0.5, 0.6) is 17.2 Å². The number of ether oxygens (including phenoxy) is 4. The molecule has 2 aromatic carbocycles. The normalized spacial score (nSPS) is 14.6. The number of esters is 1. The van der Waals surface area contributed by atoms with Gasteiger partial charge in [0.25, 0.3) is 0 Å². The Labute approximate surface area is 233 Å². The lowest BCUT2D eigenvalue weighted by atomic mass is 9.95. The third-order valence-electron chi connectivity index (χ3n) is 6.79. The molecule has 0 spiro atoms. The molecule has 0 fully saturated rings. The zero-order chi connectivity index (χ0) is 29.6. The number of hydrogen-bond donors (Lipinski definition) is 3. The van der Waals surface area contributed by atoms with Crippen molar-refractivity contribution in [2.75, 3.05) is 40.3 Å². The molecule has 0 bridgehead atoms. The van der Waals surface area contributed by atoms with Gasteiger partial charge in [0, 0.05) is 12.5 Å². The lowest BCUT2D eigenvalue weighted by Gasteiger charge is -2.19. The maximum Gasteiger partial charge on any atom is 0.328 e. The molecule has 0 aromatic heterocycles. The van der Waals surface area contributed by atoms with Crippen LogP contribution < -0.4 is 35.6 Å². The fourth-order valence-electron chi connectivity index (χ4n) is 4.88. The first-order chi connectivity index (χ1) is 19.1. The summed E-state index contributed by atoms with van der Waals surface area (Å²) in [7, 11) is 5.84. The predicted octanol–water partition coefficient (Wildman–Crippen LogP) is 2.59. The number of amides is 2. The van der Waals surface area contributed by atoms with Crippen LogP contribution in [0.4, 0.5) is 5.69 Å². The van der Waals surface area contributed by atoms with E-state index in [0.717, 1.165) is 11.1 Å². The van der Waals surface area contributed by atoms with E-state index in [-0.39, 0.29) is 29.5 Å². The molecule has 3 N–H and O–H groups in total. The standard InChI is InChI=1S/C29H37N3O8/c1-15(2)26(29(36)40-7)32-24(35)14-30-21-11-9-18-19(13-22(21)34)20(31-16(3)33)10-8-17-12-23(37-4)27(38-5)28(39-6)25(17)18/h9,11-13,15,20,26H,8,10,14H2,1-7H3,(H,30,34)(H,31,33)(H,32,35)/t20-,26-/m0/s1. The second-order valence-corrected chi connectivity index (χ2v) is 9.76. The number of benzene rings is 1. The highest BCUT2D eigenvalue weighted by Gasteiger charge is 2.30. The summed E-state index contributed by atoms with van der Waals surface area (Å²) in [6, 6.07) is 5.42. The number of carbonyl (C=O) groups is 3. The molecule has 1 aliphatic rings. The van der Waals surface area contributed by atoms with Crippen LogP contribution in [0, 0.1) is 5.92 Å². The van der Waals surface area contributed by atoms with Gasteiger partial charge in [-0.15, -0.1) is 0 Å². The zero-order valence-corrected chi connectivity index (χ0v) is 23.9. The van der Waals surface area contributed by atoms with Gasteiger partial charge in [-0.1, -0.05) is 19.9 Å². The van der Waals surface area contributed by atoms with Crippen LogP contribution >= 0.6 is 0 Å². The van der Waals surface area contributed by atoms with Gasteiger partial charge in [0.2, 0.25) is 23.0 Å². The minimum Gasteiger partial charge on any atom is -0.493 e. The Morgan fingerprint density at radius 1 is 1.00 bits per heavy atom. The predicted molar refractivity (Wildman–Crippen MR) is 150 cm³/mol. The second-order valence-electron chi connectivity index (χ2n) is 9.76. The molecule has 11 nitrogen and oxygen atoms in total. The maximum absolute atomic E-state index is 13.4. The molecule has 2 amide bonds. The Kier molecular flexibility index (Phi) is 9.98. The number of methoxy groups -OCH3 is 4. The maximum atomic E-state index is 13.4. The third-order valence-corrected chi connectivity index (χ3v) is 6.79. The van der Waals surface area contributed by atoms with Crippen molar-refractivity contribution in [1.82, 2.24) is 10.6 Å². The van der Waals surface area contributed by atoms with Gasteiger partial charge >= 0.3 is 5.97 Å². The summed E-state index contributed by atoms with van der Waals surface area (Å²) < 4.78 is 21.7. The molecule has 0 radical (unpaired) electrons. The average Bonchev–Trinajstić information content (AvgIpc) is 3.17. The van der Waals surface area contributed by atoms with Crippen molar-refractivity contribution in [2.45, 2.75) is 45.7 Å². The van der Waals surface area contributed by atoms with E-state index < -0.39 is 24.0 Å². The highest BCUT2D eigenvalue weighted by Crippen LogP contribution is 2.50. The topological polar surface area (TPSA) is 141 Å². The molecule has 11 heteroatoms. The Bertz CT molecular complexity index is 1340. The van der Waals surface area contributed by atoms with Crippen LogP contribution in [0.2, 0.25) is 0 Å². The van der Waals surface area contributed by atoms with Crippen molar-refractivity contribution in [3.63, 3.8) is 0 Å². The van der Waals surface area contributed by atoms with Crippen LogP contribution in [0.15, 0.2) is 29.1 Å². The van der Waals surface area contributed by atoms with Crippen molar-refractivity contribution in [1.29, 1.82) is 0 Å². The SMILES string of the molecule is COC(=O)[C@@H](NC(=O)CNc1ccc2c(cc1=O)[C@@H](NC(C)=O)CCc1cc(OC)c(OC)c(OC)c1-2)C(C)C. The minimum absolute atomic E-state index is 0.171. The molecule has 0 saturated carbocycles. The van der Waals surface area contributed by atoms with Gasteiger partial charge in [-0.05, 0) is 53.6 Å². The first-order valence-corrected chi connectivity index (χ1v) is 12.9. The third kappa shape index (κ3) is 6.47. The number of carbonyl (C=O) groups excluding carboxylic acids is 3. The Morgan fingerprint density at radius 2 is 1.70 bits per heavy atom. The van der Waals surface area contributed by atoms with Crippen LogP contribution in [-0.2, 0) is 25.5 Å². The smallest absolute Gasteiger partial charge is 0.328 e. The molecule has 1 aliphatic carbocycles. The van der Waals surface area contributed by atoms with E-state index in [1.165, 1.54) is 34.3 Å². The lowest BCUT2D eigenvalue weighted by Crippen LogP contribution is -2.47. The summed E-state index contributed by atoms with van der Waals surface area (Å²) in [5.74, 6) is -0.0970. The summed E-state index contributed by atoms with van der Waals surface area (Å²) >= 11 is 0. The number of fused-ring (bicyclic) bond motifs is 3. The molecule has 0 aliphatic heterocycles. The molecule has 3 rings (SSSR count). The number of nitrogens with one attached hydrogen (secondary N) is 3. The van der Waals surface area contributed by atoms with E-state index in [2.05, 4.69) is 16.0 Å². The van der Waals surface area contributed by atoms with Gasteiger partial charge in [0.1, 0.15) is 6.04 Å².